The van der Waals surface area contributed by atoms with Gasteiger partial charge in [0.25, 0.3) is 5.91 Å². The number of para-hydroxylation sites is 1. The maximum Gasteiger partial charge on any atom is 0.351 e. The van der Waals surface area contributed by atoms with E-state index in [1.165, 1.54) is 7.05 Å². The van der Waals surface area contributed by atoms with Crippen LogP contribution < -0.4 is 4.90 Å². The molecule has 7 nitrogen and oxygen atoms in total. The third-order valence-electron chi connectivity index (χ3n) is 5.97. The molecule has 0 saturated heterocycles. The van der Waals surface area contributed by atoms with Gasteiger partial charge >= 0.3 is 6.03 Å². The van der Waals surface area contributed by atoms with Gasteiger partial charge in [-0.15, -0.1) is 11.8 Å². The number of amidine groups is 1. The number of aliphatic imine (C=N–C) groups is 1. The van der Waals surface area contributed by atoms with Crippen molar-refractivity contribution in [1.82, 2.24) is 4.90 Å². The molecular formula is C22H22ClN3O4S2. The van der Waals surface area contributed by atoms with Gasteiger partial charge in [0, 0.05) is 25.7 Å². The molecule has 0 bridgehead atoms. The number of benzene rings is 2. The minimum Gasteiger partial charge on any atom is -0.331 e. The monoisotopic (exact) mass is 491 g/mol. The summed E-state index contributed by atoms with van der Waals surface area (Å²) < 4.78 is 26.5. The number of carbonyl (C=O) groups is 2. The van der Waals surface area contributed by atoms with Crippen LogP contribution in [-0.2, 0) is 14.6 Å². The number of anilines is 1. The molecule has 0 aromatic heterocycles. The highest BCUT2D eigenvalue weighted by Crippen LogP contribution is 2.53. The summed E-state index contributed by atoms with van der Waals surface area (Å²) in [4.78, 5) is 30.6. The first-order valence-electron chi connectivity index (χ1n) is 9.81. The number of hydrogen-bond donors (Lipinski definition) is 0. The van der Waals surface area contributed by atoms with E-state index in [1.807, 2.05) is 6.92 Å². The molecule has 3 atom stereocenters. The topological polar surface area (TPSA) is 87.1 Å². The number of urea groups is 1. The van der Waals surface area contributed by atoms with Gasteiger partial charge < -0.3 is 4.90 Å². The Bertz CT molecular complexity index is 1250. The average Bonchev–Trinajstić information content (AvgIpc) is 2.77. The van der Waals surface area contributed by atoms with Crippen LogP contribution in [0.4, 0.5) is 10.5 Å². The Hall–Kier alpha value is -2.36. The van der Waals surface area contributed by atoms with E-state index in [1.54, 1.807) is 66.7 Å². The first kappa shape index (κ1) is 22.8. The van der Waals surface area contributed by atoms with Gasteiger partial charge in [-0.05, 0) is 36.9 Å². The Morgan fingerprint density at radius 2 is 1.69 bits per heavy atom. The largest absolute Gasteiger partial charge is 0.351 e. The molecule has 2 aliphatic rings. The van der Waals surface area contributed by atoms with E-state index in [0.717, 1.165) is 22.2 Å². The van der Waals surface area contributed by atoms with Gasteiger partial charge in [0.2, 0.25) is 0 Å². The van der Waals surface area contributed by atoms with Gasteiger partial charge in [-0.2, -0.15) is 4.99 Å². The number of amides is 3. The minimum atomic E-state index is -3.92. The summed E-state index contributed by atoms with van der Waals surface area (Å²) in [5, 5.41) is 0. The number of nitrogens with zero attached hydrogens (tertiary/aromatic N) is 3. The maximum absolute atomic E-state index is 13.8. The molecule has 0 spiro atoms. The smallest absolute Gasteiger partial charge is 0.331 e. The van der Waals surface area contributed by atoms with Gasteiger partial charge in [-0.1, -0.05) is 47.5 Å². The number of alkyl halides is 1. The van der Waals surface area contributed by atoms with Crippen molar-refractivity contribution in [2.45, 2.75) is 27.2 Å². The number of rotatable bonds is 4. The molecule has 0 radical (unpaired) electrons. The molecule has 2 heterocycles. The summed E-state index contributed by atoms with van der Waals surface area (Å²) >= 11 is 8.18. The summed E-state index contributed by atoms with van der Waals surface area (Å²) in [6, 6.07) is 13.0. The summed E-state index contributed by atoms with van der Waals surface area (Å²) in [6.07, 6.45) is 1.68. The van der Waals surface area contributed by atoms with E-state index in [-0.39, 0.29) is 10.7 Å². The molecule has 4 rings (SSSR count). The van der Waals surface area contributed by atoms with Crippen molar-refractivity contribution in [2.24, 2.45) is 4.99 Å². The van der Waals surface area contributed by atoms with Crippen molar-refractivity contribution in [3.05, 3.63) is 59.7 Å². The number of imide groups is 1. The van der Waals surface area contributed by atoms with E-state index in [0.29, 0.717) is 11.3 Å². The van der Waals surface area contributed by atoms with Gasteiger partial charge in [0.05, 0.1) is 4.90 Å². The first-order valence-corrected chi connectivity index (χ1v) is 13.0. The van der Waals surface area contributed by atoms with Crippen molar-refractivity contribution >= 4 is 56.7 Å². The lowest BCUT2D eigenvalue weighted by Crippen LogP contribution is -2.65. The molecule has 32 heavy (non-hydrogen) atoms. The number of sulfone groups is 1. The molecule has 3 amide bonds. The molecule has 10 heteroatoms. The molecular weight excluding hydrogens is 470 g/mol. The minimum absolute atomic E-state index is 0.0362. The zero-order valence-corrected chi connectivity index (χ0v) is 20.3. The molecule has 2 aromatic rings. The summed E-state index contributed by atoms with van der Waals surface area (Å²) in [5.41, 5.74) is 2.19. The number of hydrogen-bond acceptors (Lipinski definition) is 6. The Labute approximate surface area is 196 Å². The normalized spacial score (nSPS) is 24.0. The van der Waals surface area contributed by atoms with E-state index >= 15 is 0 Å². The van der Waals surface area contributed by atoms with Crippen LogP contribution >= 0.6 is 23.4 Å². The number of aryl methyl sites for hydroxylation is 1. The zero-order valence-electron chi connectivity index (χ0n) is 17.9. The first-order chi connectivity index (χ1) is 15.0. The highest BCUT2D eigenvalue weighted by atomic mass is 35.5. The Morgan fingerprint density at radius 3 is 2.31 bits per heavy atom. The van der Waals surface area contributed by atoms with Crippen LogP contribution in [0.25, 0.3) is 0 Å². The SMILES string of the molecule is CSC(C1c2ccccc2N(C)C2=NC(=O)N(C)C(=O)C21Cl)S(=O)(=O)c1ccc(C)cc1. The molecule has 2 aliphatic heterocycles. The van der Waals surface area contributed by atoms with Crippen LogP contribution in [0.15, 0.2) is 58.4 Å². The summed E-state index contributed by atoms with van der Waals surface area (Å²) in [5.74, 6) is -1.65. The standard InChI is InChI=1S/C22H22ClN3O4S2/c1-13-9-11-14(12-10-13)32(29,30)18(31-4)17-15-7-5-6-8-16(15)25(2)19-22(17,23)20(27)26(3)21(28)24-19/h5-12,17-18H,1-4H3. The van der Waals surface area contributed by atoms with Crippen molar-refractivity contribution in [2.75, 3.05) is 25.3 Å². The second-order valence-electron chi connectivity index (χ2n) is 7.85. The average molecular weight is 492 g/mol. The van der Waals surface area contributed by atoms with Crippen molar-refractivity contribution in [3.63, 3.8) is 0 Å². The Kier molecular flexibility index (Phi) is 5.63. The fourth-order valence-electron chi connectivity index (χ4n) is 4.29. The highest BCUT2D eigenvalue weighted by molar-refractivity contribution is 8.13. The van der Waals surface area contributed by atoms with Crippen LogP contribution in [-0.4, -0.2) is 60.9 Å². The summed E-state index contributed by atoms with van der Waals surface area (Å²) in [6.45, 7) is 1.87. The third-order valence-corrected chi connectivity index (χ3v) is 10.4. The van der Waals surface area contributed by atoms with Crippen LogP contribution in [0.3, 0.4) is 0 Å². The van der Waals surface area contributed by atoms with Gasteiger partial charge in [0.1, 0.15) is 10.4 Å². The van der Waals surface area contributed by atoms with E-state index in [4.69, 9.17) is 11.6 Å². The zero-order chi connectivity index (χ0) is 23.4. The fourth-order valence-corrected chi connectivity index (χ4v) is 8.44. The molecule has 0 N–H and O–H groups in total. The van der Waals surface area contributed by atoms with Crippen molar-refractivity contribution in [3.8, 4) is 0 Å². The van der Waals surface area contributed by atoms with E-state index in [9.17, 15) is 18.0 Å². The molecule has 168 valence electrons. The molecule has 0 saturated carbocycles. The van der Waals surface area contributed by atoms with Crippen molar-refractivity contribution in [1.29, 1.82) is 0 Å². The predicted molar refractivity (Wildman–Crippen MR) is 127 cm³/mol. The van der Waals surface area contributed by atoms with Crippen molar-refractivity contribution < 1.29 is 18.0 Å². The summed E-state index contributed by atoms with van der Waals surface area (Å²) in [7, 11) is -0.955. The van der Waals surface area contributed by atoms with Crippen LogP contribution in [0, 0.1) is 6.92 Å². The highest BCUT2D eigenvalue weighted by Gasteiger charge is 2.62. The predicted octanol–water partition coefficient (Wildman–Crippen LogP) is 3.66. The number of fused-ring (bicyclic) bond motifs is 2. The molecule has 3 unspecified atom stereocenters. The quantitative estimate of drug-likeness (QED) is 0.606. The number of thioether (sulfide) groups is 1. The van der Waals surface area contributed by atoms with Gasteiger partial charge in [-0.25, -0.2) is 13.2 Å². The molecule has 0 fully saturated rings. The lowest BCUT2D eigenvalue weighted by atomic mass is 9.79. The number of halogens is 1. The van der Waals surface area contributed by atoms with Crippen LogP contribution in [0.1, 0.15) is 17.0 Å². The lowest BCUT2D eigenvalue weighted by Gasteiger charge is -2.48. The van der Waals surface area contributed by atoms with Gasteiger partial charge in [0.15, 0.2) is 14.7 Å². The third kappa shape index (κ3) is 3.17. The lowest BCUT2D eigenvalue weighted by molar-refractivity contribution is -0.129. The van der Waals surface area contributed by atoms with Gasteiger partial charge in [-0.3, -0.25) is 9.69 Å². The Balaban J connectivity index is 2.00. The van der Waals surface area contributed by atoms with E-state index < -0.39 is 37.1 Å². The maximum atomic E-state index is 13.8. The van der Waals surface area contributed by atoms with Crippen LogP contribution in [0.2, 0.25) is 0 Å². The van der Waals surface area contributed by atoms with E-state index in [2.05, 4.69) is 4.99 Å². The fraction of sp³-hybridized carbons (Fsp3) is 0.318. The Morgan fingerprint density at radius 1 is 1.06 bits per heavy atom. The second kappa shape index (κ2) is 7.90. The van der Waals surface area contributed by atoms with Crippen LogP contribution in [0.5, 0.6) is 0 Å². The molecule has 0 aliphatic carbocycles. The second-order valence-corrected chi connectivity index (χ2v) is 11.8. The number of carbonyl (C=O) groups excluding carboxylic acids is 2. The molecule has 2 aromatic carbocycles.